The molecule has 4 rings (SSSR count). The Morgan fingerprint density at radius 1 is 1.14 bits per heavy atom. The van der Waals surface area contributed by atoms with Crippen molar-refractivity contribution < 1.29 is 23.1 Å². The third-order valence-electron chi connectivity index (χ3n) is 5.78. The fourth-order valence-corrected chi connectivity index (χ4v) is 4.33. The molecule has 2 aliphatic rings. The Labute approximate surface area is 167 Å². The fourth-order valence-electron chi connectivity index (χ4n) is 4.33. The third-order valence-corrected chi connectivity index (χ3v) is 5.78. The summed E-state index contributed by atoms with van der Waals surface area (Å²) >= 11 is 0. The van der Waals surface area contributed by atoms with Crippen LogP contribution >= 0.6 is 0 Å². The summed E-state index contributed by atoms with van der Waals surface area (Å²) in [7, 11) is 0. The molecule has 2 aromatic rings. The number of amides is 2. The topological polar surface area (TPSA) is 58.6 Å². The van der Waals surface area contributed by atoms with E-state index in [2.05, 4.69) is 5.32 Å². The second-order valence-corrected chi connectivity index (χ2v) is 7.59. The van der Waals surface area contributed by atoms with Crippen molar-refractivity contribution >= 4 is 12.0 Å². The number of carbonyl (C=O) groups excluding carboxylic acids is 2. The van der Waals surface area contributed by atoms with Gasteiger partial charge >= 0.3 is 6.09 Å². The summed E-state index contributed by atoms with van der Waals surface area (Å²) in [5, 5.41) is 2.86. The van der Waals surface area contributed by atoms with Crippen LogP contribution in [-0.2, 0) is 16.1 Å². The van der Waals surface area contributed by atoms with Gasteiger partial charge in [0.05, 0.1) is 6.04 Å². The van der Waals surface area contributed by atoms with E-state index in [1.54, 1.807) is 0 Å². The predicted molar refractivity (Wildman–Crippen MR) is 102 cm³/mol. The first-order valence-corrected chi connectivity index (χ1v) is 9.73. The number of hydrogen-bond donors (Lipinski definition) is 1. The van der Waals surface area contributed by atoms with Crippen LogP contribution in [-0.4, -0.2) is 29.0 Å². The minimum absolute atomic E-state index is 0.138. The van der Waals surface area contributed by atoms with Gasteiger partial charge in [-0.3, -0.25) is 9.69 Å². The van der Waals surface area contributed by atoms with Crippen LogP contribution in [0.4, 0.5) is 13.6 Å². The van der Waals surface area contributed by atoms with Crippen LogP contribution in [0.5, 0.6) is 0 Å². The van der Waals surface area contributed by atoms with Gasteiger partial charge in [-0.25, -0.2) is 13.6 Å². The molecule has 2 aliphatic heterocycles. The van der Waals surface area contributed by atoms with Crippen molar-refractivity contribution in [3.8, 4) is 0 Å². The summed E-state index contributed by atoms with van der Waals surface area (Å²) in [5.74, 6) is -1.66. The molecular formula is C22H22F2N2O3. The number of benzene rings is 2. The number of rotatable bonds is 3. The molecule has 2 fully saturated rings. The zero-order valence-corrected chi connectivity index (χ0v) is 15.9. The molecule has 29 heavy (non-hydrogen) atoms. The molecule has 0 aliphatic carbocycles. The second-order valence-electron chi connectivity index (χ2n) is 7.59. The van der Waals surface area contributed by atoms with E-state index >= 15 is 0 Å². The van der Waals surface area contributed by atoms with Gasteiger partial charge in [0.15, 0.2) is 0 Å². The lowest BCUT2D eigenvalue weighted by Crippen LogP contribution is -2.60. The van der Waals surface area contributed by atoms with Gasteiger partial charge < -0.3 is 10.1 Å². The predicted octanol–water partition coefficient (Wildman–Crippen LogP) is 4.09. The molecular weight excluding hydrogens is 378 g/mol. The molecule has 5 nitrogen and oxygen atoms in total. The molecule has 1 spiro atoms. The minimum atomic E-state index is -0.962. The van der Waals surface area contributed by atoms with E-state index in [0.29, 0.717) is 37.8 Å². The lowest BCUT2D eigenvalue weighted by Gasteiger charge is -2.42. The standard InChI is InChI=1S/C22H22F2N2O3/c23-17-11-16(12-18(24)13-17)19-7-9-22(20(27)25-19)8-4-10-26(22)21(28)29-14-15-5-2-1-3-6-15/h1-3,5-6,11-13,19H,4,7-10,14H2,(H,25,27)/t19-,22+/m0/s1. The Hall–Kier alpha value is -2.96. The molecule has 0 unspecified atom stereocenters. The van der Waals surface area contributed by atoms with Crippen molar-refractivity contribution in [2.45, 2.75) is 43.9 Å². The molecule has 7 heteroatoms. The number of halogens is 2. The van der Waals surface area contributed by atoms with Crippen molar-refractivity contribution in [3.63, 3.8) is 0 Å². The largest absolute Gasteiger partial charge is 0.445 e. The van der Waals surface area contributed by atoms with Gasteiger partial charge in [-0.05, 0) is 48.9 Å². The highest BCUT2D eigenvalue weighted by molar-refractivity contribution is 5.91. The monoisotopic (exact) mass is 400 g/mol. The summed E-state index contributed by atoms with van der Waals surface area (Å²) in [5.41, 5.74) is 0.299. The number of carbonyl (C=O) groups is 2. The smallest absolute Gasteiger partial charge is 0.411 e. The summed E-state index contributed by atoms with van der Waals surface area (Å²) in [6, 6.07) is 12.1. The Kier molecular flexibility index (Phi) is 5.22. The van der Waals surface area contributed by atoms with Gasteiger partial charge in [-0.2, -0.15) is 0 Å². The summed E-state index contributed by atoms with van der Waals surface area (Å²) in [6.45, 7) is 0.583. The van der Waals surface area contributed by atoms with Crippen LogP contribution in [0.1, 0.15) is 42.9 Å². The van der Waals surface area contributed by atoms with Crippen LogP contribution in [0.3, 0.4) is 0 Å². The van der Waals surface area contributed by atoms with Crippen LogP contribution < -0.4 is 5.32 Å². The Balaban J connectivity index is 1.46. The first-order chi connectivity index (χ1) is 14.0. The number of nitrogens with zero attached hydrogens (tertiary/aromatic N) is 1. The van der Waals surface area contributed by atoms with E-state index in [9.17, 15) is 18.4 Å². The van der Waals surface area contributed by atoms with Crippen LogP contribution in [0, 0.1) is 11.6 Å². The molecule has 0 aromatic heterocycles. The van der Waals surface area contributed by atoms with E-state index in [0.717, 1.165) is 11.6 Å². The van der Waals surface area contributed by atoms with E-state index in [4.69, 9.17) is 4.74 Å². The third kappa shape index (κ3) is 3.81. The number of nitrogens with one attached hydrogen (secondary N) is 1. The quantitative estimate of drug-likeness (QED) is 0.844. The van der Waals surface area contributed by atoms with Crippen molar-refractivity contribution in [1.29, 1.82) is 0 Å². The lowest BCUT2D eigenvalue weighted by molar-refractivity contribution is -0.135. The lowest BCUT2D eigenvalue weighted by atomic mass is 9.82. The molecule has 0 saturated carbocycles. The van der Waals surface area contributed by atoms with E-state index < -0.39 is 29.3 Å². The Bertz CT molecular complexity index is 901. The Morgan fingerprint density at radius 2 is 1.86 bits per heavy atom. The van der Waals surface area contributed by atoms with Gasteiger partial charge in [-0.1, -0.05) is 30.3 Å². The molecule has 0 radical (unpaired) electrons. The zero-order valence-electron chi connectivity index (χ0n) is 15.9. The highest BCUT2D eigenvalue weighted by Crippen LogP contribution is 2.40. The minimum Gasteiger partial charge on any atom is -0.445 e. The van der Waals surface area contributed by atoms with E-state index in [1.807, 2.05) is 30.3 Å². The van der Waals surface area contributed by atoms with Gasteiger partial charge in [0.2, 0.25) is 5.91 Å². The maximum Gasteiger partial charge on any atom is 0.411 e. The number of hydrogen-bond acceptors (Lipinski definition) is 3. The molecule has 152 valence electrons. The van der Waals surface area contributed by atoms with E-state index in [1.165, 1.54) is 17.0 Å². The van der Waals surface area contributed by atoms with Gasteiger partial charge in [0, 0.05) is 12.6 Å². The van der Waals surface area contributed by atoms with Gasteiger partial charge in [0.25, 0.3) is 0 Å². The summed E-state index contributed by atoms with van der Waals surface area (Å²) in [6.07, 6.45) is 1.63. The van der Waals surface area contributed by atoms with Crippen LogP contribution in [0.15, 0.2) is 48.5 Å². The molecule has 2 atom stereocenters. The molecule has 2 heterocycles. The average Bonchev–Trinajstić information content (AvgIpc) is 3.13. The molecule has 2 aromatic carbocycles. The molecule has 2 amide bonds. The van der Waals surface area contributed by atoms with Crippen LogP contribution in [0.25, 0.3) is 0 Å². The number of piperidine rings is 1. The second kappa shape index (κ2) is 7.81. The average molecular weight is 400 g/mol. The summed E-state index contributed by atoms with van der Waals surface area (Å²) < 4.78 is 32.5. The van der Waals surface area contributed by atoms with Gasteiger partial charge in [0.1, 0.15) is 23.8 Å². The molecule has 1 N–H and O–H groups in total. The summed E-state index contributed by atoms with van der Waals surface area (Å²) in [4.78, 5) is 27.2. The van der Waals surface area contributed by atoms with Crippen molar-refractivity contribution in [2.24, 2.45) is 0 Å². The maximum absolute atomic E-state index is 13.5. The fraction of sp³-hybridized carbons (Fsp3) is 0.364. The van der Waals surface area contributed by atoms with Crippen LogP contribution in [0.2, 0.25) is 0 Å². The normalized spacial score (nSPS) is 23.9. The number of ether oxygens (including phenoxy) is 1. The highest BCUT2D eigenvalue weighted by Gasteiger charge is 2.52. The van der Waals surface area contributed by atoms with E-state index in [-0.39, 0.29) is 12.5 Å². The molecule has 0 bridgehead atoms. The highest BCUT2D eigenvalue weighted by atomic mass is 19.1. The Morgan fingerprint density at radius 3 is 2.55 bits per heavy atom. The van der Waals surface area contributed by atoms with Gasteiger partial charge in [-0.15, -0.1) is 0 Å². The maximum atomic E-state index is 13.5. The zero-order chi connectivity index (χ0) is 20.4. The van der Waals surface area contributed by atoms with Crippen molar-refractivity contribution in [2.75, 3.05) is 6.54 Å². The first kappa shape index (κ1) is 19.4. The first-order valence-electron chi connectivity index (χ1n) is 9.73. The van der Waals surface area contributed by atoms with Crippen molar-refractivity contribution in [1.82, 2.24) is 10.2 Å². The number of likely N-dealkylation sites (tertiary alicyclic amines) is 1. The molecule has 2 saturated heterocycles. The SMILES string of the molecule is O=C(OCc1ccccc1)N1CCC[C@]12CC[C@@H](c1cc(F)cc(F)c1)NC2=O. The van der Waals surface area contributed by atoms with Crippen molar-refractivity contribution in [3.05, 3.63) is 71.3 Å².